The van der Waals surface area contributed by atoms with Crippen LogP contribution in [0, 0.1) is 10.2 Å². The van der Waals surface area contributed by atoms with Crippen LogP contribution in [0.1, 0.15) is 13.8 Å². The zero-order chi connectivity index (χ0) is 25.9. The van der Waals surface area contributed by atoms with Crippen molar-refractivity contribution >= 4 is 22.6 Å². The molecule has 0 fully saturated rings. The molecule has 0 amide bonds. The Kier molecular flexibility index (Phi) is 7.75. The first-order valence-corrected chi connectivity index (χ1v) is 12.8. The summed E-state index contributed by atoms with van der Waals surface area (Å²) >= 11 is 6.29. The molecule has 0 atom stereocenters. The number of benzene rings is 3. The summed E-state index contributed by atoms with van der Waals surface area (Å²) < 4.78 is 44.5. The van der Waals surface area contributed by atoms with Gasteiger partial charge >= 0.3 is 0 Å². The van der Waals surface area contributed by atoms with Gasteiger partial charge in [0.15, 0.2) is 0 Å². The van der Waals surface area contributed by atoms with Crippen LogP contribution in [0.2, 0.25) is 5.02 Å². The predicted molar refractivity (Wildman–Crippen MR) is 127 cm³/mol. The highest BCUT2D eigenvalue weighted by Crippen LogP contribution is 2.40. The van der Waals surface area contributed by atoms with E-state index in [1.807, 2.05) is 59.4 Å². The van der Waals surface area contributed by atoms with Gasteiger partial charge in [-0.2, -0.15) is 5.10 Å². The fourth-order valence-electron chi connectivity index (χ4n) is 4.12. The van der Waals surface area contributed by atoms with Crippen LogP contribution in [-0.2, 0) is 0 Å². The van der Waals surface area contributed by atoms with Crippen LogP contribution >= 0.6 is 11.6 Å². The van der Waals surface area contributed by atoms with E-state index >= 15 is 0 Å². The van der Waals surface area contributed by atoms with Gasteiger partial charge in [-0.15, -0.1) is 10.2 Å². The van der Waals surface area contributed by atoms with Crippen LogP contribution in [0.25, 0.3) is 39.1 Å². The number of halogens is 2. The number of para-hydroxylation sites is 1. The molecule has 0 spiro atoms. The zero-order valence-corrected chi connectivity index (χ0v) is 21.1. The smallest absolute Gasteiger partial charge is 0.203 e. The number of fused-ring (bicyclic) bond motifs is 2. The standard InChI is InChI=1S/C26H23ClN3O.ClHO4/c1-3-29(4-2)21-11-13-23-25(15-21)31-24-14-19(27)10-12-22(24)26(23)18-16-28-30(17-18)20-8-6-5-7-9-20;2-1(3,4)5/h5-17H,3-4H2,1-2H3;(H,2,3,4,5)/q+1;/p-1. The maximum Gasteiger partial charge on any atom is 0.203 e. The lowest BCUT2D eigenvalue weighted by Crippen LogP contribution is -2.68. The normalized spacial score (nSPS) is 11.4. The highest BCUT2D eigenvalue weighted by molar-refractivity contribution is 6.31. The molecule has 8 nitrogen and oxygen atoms in total. The molecule has 2 heterocycles. The number of aromatic nitrogens is 2. The second kappa shape index (κ2) is 10.8. The molecule has 0 radical (unpaired) electrons. The number of hydrogen-bond acceptors (Lipinski definition) is 6. The van der Waals surface area contributed by atoms with Crippen molar-refractivity contribution in [1.29, 1.82) is 0 Å². The Morgan fingerprint density at radius 1 is 0.944 bits per heavy atom. The van der Waals surface area contributed by atoms with Gasteiger partial charge in [0.1, 0.15) is 24.4 Å². The lowest BCUT2D eigenvalue weighted by molar-refractivity contribution is -2.00. The molecule has 1 aliphatic carbocycles. The van der Waals surface area contributed by atoms with E-state index in [0.717, 1.165) is 57.6 Å². The van der Waals surface area contributed by atoms with Gasteiger partial charge < -0.3 is 4.42 Å². The lowest BCUT2D eigenvalue weighted by Gasteiger charge is -2.17. The van der Waals surface area contributed by atoms with Gasteiger partial charge in [-0.25, -0.2) is 27.9 Å². The Morgan fingerprint density at radius 2 is 1.64 bits per heavy atom. The van der Waals surface area contributed by atoms with Crippen molar-refractivity contribution in [3.63, 3.8) is 0 Å². The van der Waals surface area contributed by atoms with Gasteiger partial charge in [-0.3, -0.25) is 0 Å². The first kappa shape index (κ1) is 25.8. The van der Waals surface area contributed by atoms with Crippen molar-refractivity contribution in [3.8, 4) is 28.1 Å². The number of hydrogen-bond donors (Lipinski definition) is 0. The molecule has 0 saturated heterocycles. The molecule has 10 heteroatoms. The molecule has 186 valence electrons. The number of nitrogens with zero attached hydrogens (tertiary/aromatic N) is 3. The van der Waals surface area contributed by atoms with Crippen molar-refractivity contribution in [2.75, 3.05) is 13.1 Å². The quantitative estimate of drug-likeness (QED) is 0.254. The van der Waals surface area contributed by atoms with Gasteiger partial charge in [0.05, 0.1) is 18.0 Å². The van der Waals surface area contributed by atoms with Crippen molar-refractivity contribution < 1.29 is 33.3 Å². The summed E-state index contributed by atoms with van der Waals surface area (Å²) in [6, 6.07) is 22.4. The zero-order valence-electron chi connectivity index (χ0n) is 19.6. The Balaban J connectivity index is 0.000000556. The Hall–Kier alpha value is -3.24. The highest BCUT2D eigenvalue weighted by atomic mass is 35.7. The van der Waals surface area contributed by atoms with E-state index in [2.05, 4.69) is 47.9 Å². The van der Waals surface area contributed by atoms with E-state index in [1.165, 1.54) is 0 Å². The van der Waals surface area contributed by atoms with Crippen molar-refractivity contribution in [3.05, 3.63) is 89.5 Å². The van der Waals surface area contributed by atoms with Crippen molar-refractivity contribution in [2.24, 2.45) is 0 Å². The first-order valence-electron chi connectivity index (χ1n) is 11.1. The van der Waals surface area contributed by atoms with Gasteiger partial charge in [0, 0.05) is 45.4 Å². The summed E-state index contributed by atoms with van der Waals surface area (Å²) in [4.78, 5) is 0. The molecule has 36 heavy (non-hydrogen) atoms. The topological polar surface area (TPSA) is 126 Å². The van der Waals surface area contributed by atoms with Crippen LogP contribution in [0.3, 0.4) is 0 Å². The van der Waals surface area contributed by atoms with Gasteiger partial charge in [-0.05, 0) is 44.2 Å². The first-order chi connectivity index (χ1) is 17.2. The fourth-order valence-corrected chi connectivity index (χ4v) is 4.29. The summed E-state index contributed by atoms with van der Waals surface area (Å²) in [7, 11) is -4.94. The monoisotopic (exact) mass is 527 g/mol. The van der Waals surface area contributed by atoms with Gasteiger partial charge in [0.2, 0.25) is 5.36 Å². The van der Waals surface area contributed by atoms with E-state index in [9.17, 15) is 0 Å². The molecule has 0 bridgehead atoms. The maximum absolute atomic E-state index is 8.49. The third-order valence-corrected chi connectivity index (χ3v) is 5.92. The fraction of sp³-hybridized carbons (Fsp3) is 0.154. The second-order valence-corrected chi connectivity index (χ2v) is 9.05. The van der Waals surface area contributed by atoms with Crippen LogP contribution in [0.15, 0.2) is 83.5 Å². The van der Waals surface area contributed by atoms with Crippen molar-refractivity contribution in [1.82, 2.24) is 14.4 Å². The molecule has 1 aromatic heterocycles. The summed E-state index contributed by atoms with van der Waals surface area (Å²) in [6.07, 6.45) is 3.98. The Morgan fingerprint density at radius 3 is 2.31 bits per heavy atom. The van der Waals surface area contributed by atoms with Crippen LogP contribution in [0.4, 0.5) is 0 Å². The summed E-state index contributed by atoms with van der Waals surface area (Å²) in [5.41, 5.74) is 4.97. The van der Waals surface area contributed by atoms with E-state index in [0.29, 0.717) is 5.02 Å². The minimum atomic E-state index is -4.94. The molecule has 3 aromatic rings. The van der Waals surface area contributed by atoms with Crippen molar-refractivity contribution in [2.45, 2.75) is 13.8 Å². The Labute approximate surface area is 214 Å². The highest BCUT2D eigenvalue weighted by Gasteiger charge is 2.19. The third-order valence-electron chi connectivity index (χ3n) is 5.69. The predicted octanol–water partition coefficient (Wildman–Crippen LogP) is 1.10. The molecule has 0 saturated carbocycles. The van der Waals surface area contributed by atoms with Crippen LogP contribution < -0.4 is 28.6 Å². The minimum absolute atomic E-state index is 0.654. The van der Waals surface area contributed by atoms with Gasteiger partial charge in [0.25, 0.3) is 0 Å². The molecular weight excluding hydrogens is 505 g/mol. The molecular formula is C26H23Cl2N3O5. The SMILES string of the molecule is CC[N+](CC)=c1ccc2c(-c3cnn(-c4ccccc4)c3)c3ccc(Cl)cc3oc-2c1.[O-][Cl+3]([O-])([O-])[O-]. The van der Waals surface area contributed by atoms with Crippen LogP contribution in [-0.4, -0.2) is 22.9 Å². The van der Waals surface area contributed by atoms with Crippen LogP contribution in [0.5, 0.6) is 0 Å². The molecule has 0 unspecified atom stereocenters. The van der Waals surface area contributed by atoms with E-state index in [4.69, 9.17) is 34.7 Å². The Bertz CT molecular complexity index is 1510. The van der Waals surface area contributed by atoms with E-state index in [-0.39, 0.29) is 0 Å². The summed E-state index contributed by atoms with van der Waals surface area (Å²) in [5, 5.41) is 7.43. The molecule has 2 aromatic carbocycles. The van der Waals surface area contributed by atoms with E-state index < -0.39 is 10.2 Å². The maximum atomic E-state index is 8.49. The second-order valence-electron chi connectivity index (χ2n) is 7.86. The third kappa shape index (κ3) is 5.93. The molecule has 0 N–H and O–H groups in total. The largest absolute Gasteiger partial charge is 0.456 e. The summed E-state index contributed by atoms with van der Waals surface area (Å²) in [5.74, 6) is 0.835. The number of rotatable bonds is 4. The molecule has 2 aliphatic rings. The van der Waals surface area contributed by atoms with Gasteiger partial charge in [-0.1, -0.05) is 29.8 Å². The molecule has 1 aliphatic heterocycles. The lowest BCUT2D eigenvalue weighted by atomic mass is 9.95. The minimum Gasteiger partial charge on any atom is -0.456 e. The van der Waals surface area contributed by atoms with E-state index in [1.54, 1.807) is 0 Å². The summed E-state index contributed by atoms with van der Waals surface area (Å²) in [6.45, 7) is 6.21. The average molecular weight is 528 g/mol. The average Bonchev–Trinajstić information content (AvgIpc) is 3.32. The molecule has 5 rings (SSSR count).